The molecular weight excluding hydrogens is 362 g/mol. The number of halogens is 1. The fraction of sp³-hybridized carbons (Fsp3) is 0.500. The number of carbonyl (C=O) groups excluding carboxylic acids is 2. The van der Waals surface area contributed by atoms with Crippen molar-refractivity contribution < 1.29 is 19.2 Å². The van der Waals surface area contributed by atoms with Gasteiger partial charge < -0.3 is 9.64 Å². The van der Waals surface area contributed by atoms with E-state index in [1.807, 2.05) is 12.1 Å². The molecule has 1 unspecified atom stereocenters. The standard InChI is InChI=1S/C16H22BrN3O3/c1-12-3-2-8-20(9-12)10-15(21)18-19-16(22)11-23-14-6-4-13(17)5-7-14/h4-7,12H,2-3,8-11H2,1H3,(H,18,21)(H,19,22)/p+1/t12-/m0/s1. The summed E-state index contributed by atoms with van der Waals surface area (Å²) in [5.41, 5.74) is 4.82. The molecule has 1 heterocycles. The molecule has 0 bridgehead atoms. The van der Waals surface area contributed by atoms with Crippen LogP contribution in [0.25, 0.3) is 0 Å². The van der Waals surface area contributed by atoms with Crippen LogP contribution in [-0.4, -0.2) is 38.1 Å². The number of rotatable bonds is 5. The minimum Gasteiger partial charge on any atom is -0.484 e. The number of ether oxygens (including phenoxy) is 1. The van der Waals surface area contributed by atoms with Gasteiger partial charge in [-0.1, -0.05) is 22.9 Å². The zero-order valence-corrected chi connectivity index (χ0v) is 14.8. The van der Waals surface area contributed by atoms with E-state index in [9.17, 15) is 9.59 Å². The number of hydrogen-bond donors (Lipinski definition) is 3. The van der Waals surface area contributed by atoms with E-state index in [4.69, 9.17) is 4.74 Å². The van der Waals surface area contributed by atoms with Crippen LogP contribution in [0.3, 0.4) is 0 Å². The smallest absolute Gasteiger partial charge is 0.293 e. The van der Waals surface area contributed by atoms with Crippen LogP contribution in [0.5, 0.6) is 5.75 Å². The Bertz CT molecular complexity index is 536. The average Bonchev–Trinajstić information content (AvgIpc) is 2.52. The van der Waals surface area contributed by atoms with E-state index in [1.165, 1.54) is 11.3 Å². The summed E-state index contributed by atoms with van der Waals surface area (Å²) in [4.78, 5) is 24.8. The van der Waals surface area contributed by atoms with Crippen LogP contribution in [0.1, 0.15) is 19.8 Å². The van der Waals surface area contributed by atoms with Gasteiger partial charge in [0.05, 0.1) is 13.1 Å². The second-order valence-corrected chi connectivity index (χ2v) is 6.88. The molecule has 0 aromatic heterocycles. The highest BCUT2D eigenvalue weighted by atomic mass is 79.9. The van der Waals surface area contributed by atoms with Crippen LogP contribution in [0.15, 0.2) is 28.7 Å². The van der Waals surface area contributed by atoms with Gasteiger partial charge in [-0.25, -0.2) is 0 Å². The Morgan fingerprint density at radius 3 is 2.65 bits per heavy atom. The summed E-state index contributed by atoms with van der Waals surface area (Å²) in [6.45, 7) is 4.47. The van der Waals surface area contributed by atoms with Crippen molar-refractivity contribution in [2.45, 2.75) is 19.8 Å². The van der Waals surface area contributed by atoms with Crippen molar-refractivity contribution in [3.8, 4) is 5.75 Å². The van der Waals surface area contributed by atoms with Crippen molar-refractivity contribution >= 4 is 27.7 Å². The van der Waals surface area contributed by atoms with Crippen molar-refractivity contribution in [2.24, 2.45) is 5.92 Å². The highest BCUT2D eigenvalue weighted by Gasteiger charge is 2.22. The molecule has 0 aliphatic carbocycles. The molecule has 0 spiro atoms. The van der Waals surface area contributed by atoms with Crippen LogP contribution in [0, 0.1) is 5.92 Å². The molecule has 2 atom stereocenters. The van der Waals surface area contributed by atoms with Gasteiger partial charge in [-0.05, 0) is 37.1 Å². The first-order valence-corrected chi connectivity index (χ1v) is 8.62. The summed E-state index contributed by atoms with van der Waals surface area (Å²) in [6, 6.07) is 7.18. The van der Waals surface area contributed by atoms with Gasteiger partial charge in [-0.2, -0.15) is 0 Å². The fourth-order valence-corrected chi connectivity index (χ4v) is 2.95. The highest BCUT2D eigenvalue weighted by molar-refractivity contribution is 9.10. The van der Waals surface area contributed by atoms with E-state index >= 15 is 0 Å². The maximum atomic E-state index is 11.8. The minimum atomic E-state index is -0.386. The monoisotopic (exact) mass is 384 g/mol. The molecule has 1 saturated heterocycles. The number of nitrogens with one attached hydrogen (secondary N) is 3. The van der Waals surface area contributed by atoms with E-state index in [0.717, 1.165) is 24.0 Å². The number of quaternary nitrogens is 1. The van der Waals surface area contributed by atoms with Crippen LogP contribution >= 0.6 is 15.9 Å². The van der Waals surface area contributed by atoms with E-state index < -0.39 is 0 Å². The molecule has 1 fully saturated rings. The first kappa shape index (κ1) is 17.7. The number of benzene rings is 1. The number of piperidine rings is 1. The van der Waals surface area contributed by atoms with E-state index in [2.05, 4.69) is 33.7 Å². The third kappa shape index (κ3) is 6.58. The summed E-state index contributed by atoms with van der Waals surface area (Å²) >= 11 is 3.33. The molecular formula is C16H23BrN3O3+. The lowest BCUT2D eigenvalue weighted by Gasteiger charge is -2.27. The zero-order valence-electron chi connectivity index (χ0n) is 13.2. The van der Waals surface area contributed by atoms with Crippen LogP contribution < -0.4 is 20.5 Å². The molecule has 3 N–H and O–H groups in total. The summed E-state index contributed by atoms with van der Waals surface area (Å²) in [6.07, 6.45) is 2.38. The molecule has 1 aliphatic rings. The molecule has 126 valence electrons. The summed E-state index contributed by atoms with van der Waals surface area (Å²) in [7, 11) is 0. The van der Waals surface area contributed by atoms with Crippen molar-refractivity contribution in [3.63, 3.8) is 0 Å². The third-order valence-electron chi connectivity index (χ3n) is 3.80. The molecule has 1 aromatic rings. The van der Waals surface area contributed by atoms with Gasteiger partial charge in [0.25, 0.3) is 11.8 Å². The Morgan fingerprint density at radius 1 is 1.26 bits per heavy atom. The van der Waals surface area contributed by atoms with Crippen LogP contribution in [-0.2, 0) is 9.59 Å². The predicted molar refractivity (Wildman–Crippen MR) is 89.9 cm³/mol. The topological polar surface area (TPSA) is 71.9 Å². The average molecular weight is 385 g/mol. The van der Waals surface area contributed by atoms with Crippen LogP contribution in [0.2, 0.25) is 0 Å². The van der Waals surface area contributed by atoms with E-state index in [-0.39, 0.29) is 18.4 Å². The van der Waals surface area contributed by atoms with Gasteiger partial charge in [0, 0.05) is 10.4 Å². The molecule has 0 radical (unpaired) electrons. The summed E-state index contributed by atoms with van der Waals surface area (Å²) in [5.74, 6) is 0.691. The van der Waals surface area contributed by atoms with Gasteiger partial charge in [0.1, 0.15) is 5.75 Å². The Morgan fingerprint density at radius 2 is 1.96 bits per heavy atom. The maximum absolute atomic E-state index is 11.8. The Hall–Kier alpha value is -1.60. The van der Waals surface area contributed by atoms with Gasteiger partial charge in [0.2, 0.25) is 0 Å². The molecule has 6 nitrogen and oxygen atoms in total. The number of likely N-dealkylation sites (tertiary alicyclic amines) is 1. The SMILES string of the molecule is C[C@H]1CCC[NH+](CC(=O)NNC(=O)COc2ccc(Br)cc2)C1. The largest absolute Gasteiger partial charge is 0.484 e. The third-order valence-corrected chi connectivity index (χ3v) is 4.33. The Kier molecular flexibility index (Phi) is 6.85. The van der Waals surface area contributed by atoms with Gasteiger partial charge in [-0.15, -0.1) is 0 Å². The van der Waals surface area contributed by atoms with Gasteiger partial charge >= 0.3 is 0 Å². The molecule has 1 aromatic carbocycles. The minimum absolute atomic E-state index is 0.143. The highest BCUT2D eigenvalue weighted by Crippen LogP contribution is 2.15. The summed E-state index contributed by atoms with van der Waals surface area (Å²) in [5, 5.41) is 0. The molecule has 23 heavy (non-hydrogen) atoms. The van der Waals surface area contributed by atoms with Crippen molar-refractivity contribution in [2.75, 3.05) is 26.2 Å². The van der Waals surface area contributed by atoms with E-state index in [0.29, 0.717) is 18.2 Å². The number of carbonyl (C=O) groups is 2. The van der Waals surface area contributed by atoms with E-state index in [1.54, 1.807) is 12.1 Å². The van der Waals surface area contributed by atoms with Crippen molar-refractivity contribution in [3.05, 3.63) is 28.7 Å². The number of amides is 2. The Balaban J connectivity index is 1.63. The first-order valence-electron chi connectivity index (χ1n) is 7.82. The fourth-order valence-electron chi connectivity index (χ4n) is 2.68. The number of hydrogen-bond acceptors (Lipinski definition) is 3. The Labute approximate surface area is 144 Å². The van der Waals surface area contributed by atoms with Crippen LogP contribution in [0.4, 0.5) is 0 Å². The first-order chi connectivity index (χ1) is 11.0. The predicted octanol–water partition coefficient (Wildman–Crippen LogP) is 0.290. The zero-order chi connectivity index (χ0) is 16.7. The maximum Gasteiger partial charge on any atom is 0.293 e. The second kappa shape index (κ2) is 8.88. The van der Waals surface area contributed by atoms with Crippen molar-refractivity contribution in [1.82, 2.24) is 10.9 Å². The molecule has 1 aliphatic heterocycles. The lowest BCUT2D eigenvalue weighted by atomic mass is 10.0. The van der Waals surface area contributed by atoms with Gasteiger partial charge in [0.15, 0.2) is 13.2 Å². The second-order valence-electron chi connectivity index (χ2n) is 5.97. The lowest BCUT2D eigenvalue weighted by molar-refractivity contribution is -0.900. The molecule has 0 saturated carbocycles. The molecule has 2 amide bonds. The molecule has 2 rings (SSSR count). The summed E-state index contributed by atoms with van der Waals surface area (Å²) < 4.78 is 6.27. The molecule has 7 heteroatoms. The lowest BCUT2D eigenvalue weighted by Crippen LogP contribution is -3.14. The quantitative estimate of drug-likeness (QED) is 0.639. The van der Waals surface area contributed by atoms with Crippen molar-refractivity contribution in [1.29, 1.82) is 0 Å². The normalized spacial score (nSPS) is 20.6. The number of hydrazine groups is 1. The van der Waals surface area contributed by atoms with Gasteiger partial charge in [-0.3, -0.25) is 20.4 Å².